The third-order valence-electron chi connectivity index (χ3n) is 5.66. The molecule has 0 bridgehead atoms. The Hall–Kier alpha value is -2.08. The molecule has 1 fully saturated rings. The number of aromatic nitrogens is 1. The molecule has 1 saturated heterocycles. The first-order valence-electron chi connectivity index (χ1n) is 9.66. The Morgan fingerprint density at radius 2 is 1.96 bits per heavy atom. The summed E-state index contributed by atoms with van der Waals surface area (Å²) in [6.07, 6.45) is 0.638. The van der Waals surface area contributed by atoms with E-state index in [2.05, 4.69) is 29.1 Å². The number of fused-ring (bicyclic) bond motifs is 1. The van der Waals surface area contributed by atoms with Crippen molar-refractivity contribution in [1.82, 2.24) is 4.98 Å². The summed E-state index contributed by atoms with van der Waals surface area (Å²) < 4.78 is 38.6. The summed E-state index contributed by atoms with van der Waals surface area (Å²) in [5.74, 6) is 0.239. The summed E-state index contributed by atoms with van der Waals surface area (Å²) in [7, 11) is 0. The number of nitrogens with zero attached hydrogens (tertiary/aromatic N) is 2. The number of benzene rings is 1. The third kappa shape index (κ3) is 3.50. The highest BCUT2D eigenvalue weighted by molar-refractivity contribution is 7.17. The van der Waals surface area contributed by atoms with Crippen molar-refractivity contribution in [3.63, 3.8) is 0 Å². The van der Waals surface area contributed by atoms with E-state index in [4.69, 9.17) is 0 Å². The van der Waals surface area contributed by atoms with Crippen LogP contribution in [-0.4, -0.2) is 18.1 Å². The highest BCUT2D eigenvalue weighted by Gasteiger charge is 2.31. The molecule has 1 aromatic carbocycles. The van der Waals surface area contributed by atoms with Gasteiger partial charge in [-0.15, -0.1) is 11.3 Å². The average Bonchev–Trinajstić information content (AvgIpc) is 3.08. The molecule has 0 aliphatic carbocycles. The number of alkyl halides is 3. The molecule has 0 N–H and O–H groups in total. The number of rotatable bonds is 3. The Morgan fingerprint density at radius 1 is 1.21 bits per heavy atom. The van der Waals surface area contributed by atoms with Crippen molar-refractivity contribution in [2.75, 3.05) is 18.0 Å². The summed E-state index contributed by atoms with van der Waals surface area (Å²) in [4.78, 5) is 8.11. The first-order chi connectivity index (χ1) is 13.4. The number of aryl methyl sites for hydroxylation is 2. The van der Waals surface area contributed by atoms with Gasteiger partial charge in [0.2, 0.25) is 0 Å². The Morgan fingerprint density at radius 3 is 2.64 bits per heavy atom. The van der Waals surface area contributed by atoms with Crippen LogP contribution >= 0.6 is 11.3 Å². The van der Waals surface area contributed by atoms with E-state index in [1.54, 1.807) is 23.5 Å². The molecule has 3 heterocycles. The van der Waals surface area contributed by atoms with Crippen LogP contribution < -0.4 is 4.90 Å². The maximum atomic E-state index is 12.9. The molecule has 2 nitrogen and oxygen atoms in total. The fourth-order valence-corrected chi connectivity index (χ4v) is 5.08. The lowest BCUT2D eigenvalue weighted by Crippen LogP contribution is -2.35. The minimum atomic E-state index is -4.29. The van der Waals surface area contributed by atoms with Crippen LogP contribution in [0.1, 0.15) is 47.9 Å². The zero-order valence-electron chi connectivity index (χ0n) is 16.0. The van der Waals surface area contributed by atoms with Gasteiger partial charge < -0.3 is 4.90 Å². The first kappa shape index (κ1) is 19.2. The largest absolute Gasteiger partial charge is 0.416 e. The van der Waals surface area contributed by atoms with Gasteiger partial charge in [-0.25, -0.2) is 4.98 Å². The lowest BCUT2D eigenvalue weighted by Gasteiger charge is -2.36. The van der Waals surface area contributed by atoms with Crippen molar-refractivity contribution in [2.24, 2.45) is 0 Å². The van der Waals surface area contributed by atoms with E-state index >= 15 is 0 Å². The van der Waals surface area contributed by atoms with Gasteiger partial charge in [-0.3, -0.25) is 0 Å². The predicted octanol–water partition coefficient (Wildman–Crippen LogP) is 6.57. The van der Waals surface area contributed by atoms with E-state index in [1.165, 1.54) is 34.3 Å². The van der Waals surface area contributed by atoms with Crippen molar-refractivity contribution in [2.45, 2.75) is 45.2 Å². The Labute approximate surface area is 167 Å². The second-order valence-electron chi connectivity index (χ2n) is 7.49. The second kappa shape index (κ2) is 7.39. The van der Waals surface area contributed by atoms with Gasteiger partial charge in [0.05, 0.1) is 11.3 Å². The molecule has 3 aromatic rings. The fourth-order valence-electron chi connectivity index (χ4n) is 4.19. The minimum absolute atomic E-state index is 0.239. The molecule has 0 spiro atoms. The van der Waals surface area contributed by atoms with Crippen LogP contribution in [0.15, 0.2) is 35.8 Å². The monoisotopic (exact) mass is 404 g/mol. The van der Waals surface area contributed by atoms with E-state index in [0.29, 0.717) is 0 Å². The molecule has 0 amide bonds. The smallest absolute Gasteiger partial charge is 0.370 e. The molecule has 148 valence electrons. The van der Waals surface area contributed by atoms with E-state index in [9.17, 15) is 13.2 Å². The summed E-state index contributed by atoms with van der Waals surface area (Å²) in [5, 5.41) is 3.38. The molecule has 6 heteroatoms. The maximum absolute atomic E-state index is 12.9. The molecular weight excluding hydrogens is 381 g/mol. The molecule has 4 rings (SSSR count). The zero-order valence-corrected chi connectivity index (χ0v) is 16.8. The highest BCUT2D eigenvalue weighted by Crippen LogP contribution is 2.39. The molecule has 2 aromatic heterocycles. The van der Waals surface area contributed by atoms with Crippen molar-refractivity contribution in [3.05, 3.63) is 58.1 Å². The van der Waals surface area contributed by atoms with Crippen LogP contribution in [0.25, 0.3) is 10.2 Å². The fraction of sp³-hybridized carbons (Fsp3) is 0.409. The van der Waals surface area contributed by atoms with Gasteiger partial charge in [0.1, 0.15) is 4.83 Å². The SMILES string of the molecule is CCc1cnc2scc(C)c2c1N1CCCC(c2ccc(C(F)(F)F)cc2)C1. The van der Waals surface area contributed by atoms with Gasteiger partial charge in [0, 0.05) is 30.6 Å². The van der Waals surface area contributed by atoms with E-state index in [-0.39, 0.29) is 5.92 Å². The summed E-state index contributed by atoms with van der Waals surface area (Å²) >= 11 is 1.67. The van der Waals surface area contributed by atoms with Crippen LogP contribution in [0, 0.1) is 6.92 Å². The van der Waals surface area contributed by atoms with Gasteiger partial charge in [0.25, 0.3) is 0 Å². The van der Waals surface area contributed by atoms with Crippen LogP contribution in [0.5, 0.6) is 0 Å². The first-order valence-corrected chi connectivity index (χ1v) is 10.5. The lowest BCUT2D eigenvalue weighted by molar-refractivity contribution is -0.137. The molecule has 1 aliphatic rings. The Kier molecular flexibility index (Phi) is 5.08. The van der Waals surface area contributed by atoms with E-state index in [1.807, 2.05) is 6.20 Å². The van der Waals surface area contributed by atoms with Crippen molar-refractivity contribution >= 4 is 27.2 Å². The average molecular weight is 405 g/mol. The van der Waals surface area contributed by atoms with Crippen molar-refractivity contribution in [3.8, 4) is 0 Å². The van der Waals surface area contributed by atoms with Gasteiger partial charge in [-0.2, -0.15) is 13.2 Å². The summed E-state index contributed by atoms with van der Waals surface area (Å²) in [6, 6.07) is 5.71. The summed E-state index contributed by atoms with van der Waals surface area (Å²) in [5.41, 5.74) is 4.16. The lowest BCUT2D eigenvalue weighted by atomic mass is 9.89. The number of pyridine rings is 1. The third-order valence-corrected chi connectivity index (χ3v) is 6.67. The highest BCUT2D eigenvalue weighted by atomic mass is 32.1. The van der Waals surface area contributed by atoms with Gasteiger partial charge in [-0.05, 0) is 60.4 Å². The number of piperidine rings is 1. The minimum Gasteiger partial charge on any atom is -0.370 e. The van der Waals surface area contributed by atoms with E-state index < -0.39 is 11.7 Å². The van der Waals surface area contributed by atoms with Crippen molar-refractivity contribution < 1.29 is 13.2 Å². The van der Waals surface area contributed by atoms with Gasteiger partial charge >= 0.3 is 6.18 Å². The maximum Gasteiger partial charge on any atom is 0.416 e. The molecule has 1 aliphatic heterocycles. The summed E-state index contributed by atoms with van der Waals surface area (Å²) in [6.45, 7) is 6.07. The van der Waals surface area contributed by atoms with Gasteiger partial charge in [0.15, 0.2) is 0 Å². The molecule has 0 saturated carbocycles. The normalized spacial score (nSPS) is 18.0. The zero-order chi connectivity index (χ0) is 19.9. The molecular formula is C22H23F3N2S. The van der Waals surface area contributed by atoms with Crippen molar-refractivity contribution in [1.29, 1.82) is 0 Å². The Bertz CT molecular complexity index is 976. The molecule has 1 unspecified atom stereocenters. The van der Waals surface area contributed by atoms with Gasteiger partial charge in [-0.1, -0.05) is 19.1 Å². The number of thiophene rings is 1. The van der Waals surface area contributed by atoms with Crippen LogP contribution in [-0.2, 0) is 12.6 Å². The van der Waals surface area contributed by atoms with Crippen LogP contribution in [0.2, 0.25) is 0 Å². The van der Waals surface area contributed by atoms with Crippen LogP contribution in [0.3, 0.4) is 0 Å². The Balaban J connectivity index is 1.66. The molecule has 0 radical (unpaired) electrons. The second-order valence-corrected chi connectivity index (χ2v) is 8.35. The molecule has 1 atom stereocenters. The van der Waals surface area contributed by atoms with E-state index in [0.717, 1.165) is 42.7 Å². The van der Waals surface area contributed by atoms with Crippen LogP contribution in [0.4, 0.5) is 18.9 Å². The number of halogens is 3. The number of hydrogen-bond acceptors (Lipinski definition) is 3. The predicted molar refractivity (Wildman–Crippen MR) is 109 cm³/mol. The number of anilines is 1. The standard InChI is InChI=1S/C22H23F3N2S/c1-3-15-11-26-21-19(14(2)13-28-21)20(15)27-10-4-5-17(12-27)16-6-8-18(9-7-16)22(23,24)25/h6-9,11,13,17H,3-5,10,12H2,1-2H3. The topological polar surface area (TPSA) is 16.1 Å². The molecule has 28 heavy (non-hydrogen) atoms. The number of hydrogen-bond donors (Lipinski definition) is 0. The quantitative estimate of drug-likeness (QED) is 0.491.